The second-order valence-electron chi connectivity index (χ2n) is 6.39. The molecule has 2 amide bonds. The van der Waals surface area contributed by atoms with E-state index >= 15 is 0 Å². The Labute approximate surface area is 129 Å². The van der Waals surface area contributed by atoms with Gasteiger partial charge in [0.15, 0.2) is 0 Å². The van der Waals surface area contributed by atoms with Crippen molar-refractivity contribution < 1.29 is 9.59 Å². The third-order valence-electron chi connectivity index (χ3n) is 5.22. The maximum Gasteiger partial charge on any atom is 0.249 e. The maximum absolute atomic E-state index is 13.0. The zero-order chi connectivity index (χ0) is 16.1. The first-order valence-corrected chi connectivity index (χ1v) is 8.56. The summed E-state index contributed by atoms with van der Waals surface area (Å²) >= 11 is 0. The van der Waals surface area contributed by atoms with Crippen molar-refractivity contribution >= 4 is 11.8 Å². The summed E-state index contributed by atoms with van der Waals surface area (Å²) in [5, 5.41) is 3.02. The molecular formula is C17H32N2O2. The van der Waals surface area contributed by atoms with Gasteiger partial charge in [0.2, 0.25) is 11.8 Å². The van der Waals surface area contributed by atoms with E-state index in [-0.39, 0.29) is 11.8 Å². The Morgan fingerprint density at radius 1 is 0.952 bits per heavy atom. The number of hydrogen-bond acceptors (Lipinski definition) is 2. The predicted octanol–water partition coefficient (Wildman–Crippen LogP) is 3.25. The SMILES string of the molecule is CCCCCCN1C(=O)C(CC)(CC)NC(=O)C1(C)CC. The summed E-state index contributed by atoms with van der Waals surface area (Å²) in [6, 6.07) is 0. The summed E-state index contributed by atoms with van der Waals surface area (Å²) in [5.74, 6) is 0.108. The monoisotopic (exact) mass is 296 g/mol. The molecule has 0 bridgehead atoms. The van der Waals surface area contributed by atoms with Crippen molar-refractivity contribution in [2.75, 3.05) is 6.54 Å². The molecule has 0 aliphatic carbocycles. The summed E-state index contributed by atoms with van der Waals surface area (Å²) in [7, 11) is 0. The average Bonchev–Trinajstić information content (AvgIpc) is 2.50. The van der Waals surface area contributed by atoms with E-state index < -0.39 is 11.1 Å². The van der Waals surface area contributed by atoms with Gasteiger partial charge in [-0.2, -0.15) is 0 Å². The summed E-state index contributed by atoms with van der Waals surface area (Å²) in [6.45, 7) is 10.7. The minimum absolute atomic E-state index is 0.00351. The fraction of sp³-hybridized carbons (Fsp3) is 0.882. The van der Waals surface area contributed by atoms with Gasteiger partial charge in [0.1, 0.15) is 11.1 Å². The van der Waals surface area contributed by atoms with Gasteiger partial charge in [-0.1, -0.05) is 47.0 Å². The van der Waals surface area contributed by atoms with E-state index in [0.29, 0.717) is 25.8 Å². The zero-order valence-electron chi connectivity index (χ0n) is 14.4. The van der Waals surface area contributed by atoms with Gasteiger partial charge in [0.05, 0.1) is 0 Å². The number of nitrogens with one attached hydrogen (secondary N) is 1. The summed E-state index contributed by atoms with van der Waals surface area (Å²) in [6.07, 6.45) is 6.41. The van der Waals surface area contributed by atoms with Gasteiger partial charge in [-0.3, -0.25) is 9.59 Å². The predicted molar refractivity (Wildman–Crippen MR) is 86.0 cm³/mol. The van der Waals surface area contributed by atoms with E-state index in [1.807, 2.05) is 32.6 Å². The second kappa shape index (κ2) is 7.28. The van der Waals surface area contributed by atoms with Crippen molar-refractivity contribution in [3.63, 3.8) is 0 Å². The summed E-state index contributed by atoms with van der Waals surface area (Å²) < 4.78 is 0. The number of hydrogen-bond donors (Lipinski definition) is 1. The van der Waals surface area contributed by atoms with E-state index in [2.05, 4.69) is 12.2 Å². The van der Waals surface area contributed by atoms with Crippen molar-refractivity contribution in [2.24, 2.45) is 0 Å². The first-order chi connectivity index (χ1) is 9.91. The Balaban J connectivity index is 2.99. The molecule has 0 radical (unpaired) electrons. The van der Waals surface area contributed by atoms with Gasteiger partial charge in [0, 0.05) is 6.54 Å². The lowest BCUT2D eigenvalue weighted by atomic mass is 9.81. The molecule has 1 aliphatic rings. The zero-order valence-corrected chi connectivity index (χ0v) is 14.4. The van der Waals surface area contributed by atoms with E-state index in [4.69, 9.17) is 0 Å². The van der Waals surface area contributed by atoms with Crippen LogP contribution in [0.5, 0.6) is 0 Å². The van der Waals surface area contributed by atoms with Crippen LogP contribution in [-0.4, -0.2) is 34.3 Å². The van der Waals surface area contributed by atoms with Crippen LogP contribution in [0.15, 0.2) is 0 Å². The summed E-state index contributed by atoms with van der Waals surface area (Å²) in [4.78, 5) is 27.5. The van der Waals surface area contributed by atoms with E-state index in [9.17, 15) is 9.59 Å². The lowest BCUT2D eigenvalue weighted by molar-refractivity contribution is -0.163. The highest BCUT2D eigenvalue weighted by molar-refractivity contribution is 6.02. The molecule has 0 saturated carbocycles. The van der Waals surface area contributed by atoms with Crippen LogP contribution in [0, 0.1) is 0 Å². The Morgan fingerprint density at radius 3 is 2.05 bits per heavy atom. The lowest BCUT2D eigenvalue weighted by Gasteiger charge is -2.51. The number of nitrogens with zero attached hydrogens (tertiary/aromatic N) is 1. The number of rotatable bonds is 8. The molecule has 4 nitrogen and oxygen atoms in total. The molecule has 1 aliphatic heterocycles. The molecule has 4 heteroatoms. The smallest absolute Gasteiger partial charge is 0.249 e. The van der Waals surface area contributed by atoms with Crippen molar-refractivity contribution in [1.29, 1.82) is 0 Å². The molecule has 0 aromatic carbocycles. The standard InChI is InChI=1S/C17H32N2O2/c1-6-10-11-12-13-19-15(21)17(8-3,9-4)18-14(20)16(19,5)7-2/h6-13H2,1-5H3,(H,18,20). The molecule has 0 aromatic heterocycles. The Hall–Kier alpha value is -1.06. The van der Waals surface area contributed by atoms with Gasteiger partial charge in [-0.15, -0.1) is 0 Å². The van der Waals surface area contributed by atoms with Gasteiger partial charge >= 0.3 is 0 Å². The Morgan fingerprint density at radius 2 is 1.57 bits per heavy atom. The molecule has 1 saturated heterocycles. The molecule has 1 fully saturated rings. The van der Waals surface area contributed by atoms with Crippen LogP contribution in [0.25, 0.3) is 0 Å². The molecular weight excluding hydrogens is 264 g/mol. The van der Waals surface area contributed by atoms with Crippen LogP contribution >= 0.6 is 0 Å². The first-order valence-electron chi connectivity index (χ1n) is 8.56. The number of amides is 2. The first kappa shape index (κ1) is 18.0. The van der Waals surface area contributed by atoms with Crippen molar-refractivity contribution in [3.05, 3.63) is 0 Å². The number of carbonyl (C=O) groups excluding carboxylic acids is 2. The Bertz CT molecular complexity index is 377. The third kappa shape index (κ3) is 3.24. The van der Waals surface area contributed by atoms with Crippen molar-refractivity contribution in [2.45, 2.75) is 90.6 Å². The Kier molecular flexibility index (Phi) is 6.24. The van der Waals surface area contributed by atoms with Crippen LogP contribution in [-0.2, 0) is 9.59 Å². The number of unbranched alkanes of at least 4 members (excludes halogenated alkanes) is 3. The third-order valence-corrected chi connectivity index (χ3v) is 5.22. The second-order valence-corrected chi connectivity index (χ2v) is 6.39. The van der Waals surface area contributed by atoms with Crippen LogP contribution in [0.3, 0.4) is 0 Å². The molecule has 1 N–H and O–H groups in total. The maximum atomic E-state index is 13.0. The van der Waals surface area contributed by atoms with E-state index in [1.165, 1.54) is 12.8 Å². The average molecular weight is 296 g/mol. The largest absolute Gasteiger partial charge is 0.340 e. The van der Waals surface area contributed by atoms with Crippen molar-refractivity contribution in [3.8, 4) is 0 Å². The van der Waals surface area contributed by atoms with Crippen LogP contribution in [0.2, 0.25) is 0 Å². The molecule has 1 unspecified atom stereocenters. The molecule has 122 valence electrons. The minimum atomic E-state index is -0.698. The van der Waals surface area contributed by atoms with E-state index in [0.717, 1.165) is 12.8 Å². The van der Waals surface area contributed by atoms with Gasteiger partial charge < -0.3 is 10.2 Å². The molecule has 21 heavy (non-hydrogen) atoms. The fourth-order valence-corrected chi connectivity index (χ4v) is 3.14. The molecule has 1 rings (SSSR count). The van der Waals surface area contributed by atoms with Gasteiger partial charge in [-0.25, -0.2) is 0 Å². The highest BCUT2D eigenvalue weighted by Gasteiger charge is 2.53. The quantitative estimate of drug-likeness (QED) is 0.699. The fourth-order valence-electron chi connectivity index (χ4n) is 3.14. The highest BCUT2D eigenvalue weighted by atomic mass is 16.2. The number of piperazine rings is 1. The normalized spacial score (nSPS) is 25.1. The highest BCUT2D eigenvalue weighted by Crippen LogP contribution is 2.32. The summed E-state index contributed by atoms with van der Waals surface area (Å²) in [5.41, 5.74) is -1.40. The lowest BCUT2D eigenvalue weighted by Crippen LogP contribution is -2.74. The molecule has 0 aromatic rings. The van der Waals surface area contributed by atoms with Gasteiger partial charge in [0.25, 0.3) is 0 Å². The number of carbonyl (C=O) groups is 2. The minimum Gasteiger partial charge on any atom is -0.340 e. The topological polar surface area (TPSA) is 49.4 Å². The van der Waals surface area contributed by atoms with Crippen LogP contribution in [0.1, 0.15) is 79.6 Å². The van der Waals surface area contributed by atoms with Crippen LogP contribution < -0.4 is 5.32 Å². The van der Waals surface area contributed by atoms with E-state index in [1.54, 1.807) is 0 Å². The molecule has 1 atom stereocenters. The molecule has 0 spiro atoms. The van der Waals surface area contributed by atoms with Crippen molar-refractivity contribution in [1.82, 2.24) is 10.2 Å². The van der Waals surface area contributed by atoms with Gasteiger partial charge in [-0.05, 0) is 32.6 Å². The molecule has 1 heterocycles. The van der Waals surface area contributed by atoms with Crippen LogP contribution in [0.4, 0.5) is 0 Å².